The number of nitrogens with two attached hydrogens (primary N) is 1. The molecule has 2 fully saturated rings. The molecule has 0 spiro atoms. The van der Waals surface area contributed by atoms with Gasteiger partial charge in [-0.25, -0.2) is 0 Å². The summed E-state index contributed by atoms with van der Waals surface area (Å²) in [6, 6.07) is 1.08. The summed E-state index contributed by atoms with van der Waals surface area (Å²) in [5.74, 6) is 0. The summed E-state index contributed by atoms with van der Waals surface area (Å²) in [4.78, 5) is 2.48. The molecule has 0 amide bonds. The standard InChI is InChI=1S/C14H28N2O/c1-12-6-5-7-13(10-15)16(12)11-14(17)8-3-2-4-9-14/h12-13,17H,2-11,15H2,1H3. The summed E-state index contributed by atoms with van der Waals surface area (Å²) in [7, 11) is 0. The fourth-order valence-corrected chi connectivity index (χ4v) is 3.59. The summed E-state index contributed by atoms with van der Waals surface area (Å²) in [6.07, 6.45) is 9.37. The predicted molar refractivity (Wildman–Crippen MR) is 70.9 cm³/mol. The van der Waals surface area contributed by atoms with Crippen LogP contribution in [0.15, 0.2) is 0 Å². The van der Waals surface area contributed by atoms with Crippen molar-refractivity contribution in [2.75, 3.05) is 13.1 Å². The molecule has 0 aromatic carbocycles. The third kappa shape index (κ3) is 3.21. The van der Waals surface area contributed by atoms with Crippen molar-refractivity contribution in [1.29, 1.82) is 0 Å². The van der Waals surface area contributed by atoms with Crippen molar-refractivity contribution < 1.29 is 5.11 Å². The fourth-order valence-electron chi connectivity index (χ4n) is 3.59. The molecule has 1 heterocycles. The quantitative estimate of drug-likeness (QED) is 0.792. The van der Waals surface area contributed by atoms with E-state index in [1.54, 1.807) is 0 Å². The number of piperidine rings is 1. The third-order valence-corrected chi connectivity index (χ3v) is 4.73. The molecule has 0 bridgehead atoms. The lowest BCUT2D eigenvalue weighted by Gasteiger charge is -2.45. The van der Waals surface area contributed by atoms with E-state index in [4.69, 9.17) is 5.73 Å². The van der Waals surface area contributed by atoms with Crippen molar-refractivity contribution in [3.8, 4) is 0 Å². The van der Waals surface area contributed by atoms with E-state index in [-0.39, 0.29) is 0 Å². The van der Waals surface area contributed by atoms with Gasteiger partial charge in [0.2, 0.25) is 0 Å². The number of hydrogen-bond donors (Lipinski definition) is 2. The second-order valence-corrected chi connectivity index (χ2v) is 6.13. The van der Waals surface area contributed by atoms with Gasteiger partial charge in [0.25, 0.3) is 0 Å². The van der Waals surface area contributed by atoms with Crippen molar-refractivity contribution in [2.45, 2.75) is 76.0 Å². The lowest BCUT2D eigenvalue weighted by Crippen LogP contribution is -2.55. The Hall–Kier alpha value is -0.120. The van der Waals surface area contributed by atoms with Crippen molar-refractivity contribution in [1.82, 2.24) is 4.90 Å². The molecule has 0 radical (unpaired) electrons. The maximum atomic E-state index is 10.7. The first kappa shape index (κ1) is 13.3. The Kier molecular flexibility index (Phi) is 4.45. The van der Waals surface area contributed by atoms with Gasteiger partial charge in [-0.15, -0.1) is 0 Å². The Bertz CT molecular complexity index is 238. The van der Waals surface area contributed by atoms with Gasteiger partial charge in [0.1, 0.15) is 0 Å². The zero-order chi connectivity index (χ0) is 12.3. The first-order valence-electron chi connectivity index (χ1n) is 7.33. The second-order valence-electron chi connectivity index (χ2n) is 6.13. The first-order valence-corrected chi connectivity index (χ1v) is 7.33. The zero-order valence-electron chi connectivity index (χ0n) is 11.2. The first-order chi connectivity index (χ1) is 8.14. The van der Waals surface area contributed by atoms with Gasteiger partial charge in [-0.3, -0.25) is 4.90 Å². The summed E-state index contributed by atoms with van der Waals surface area (Å²) in [6.45, 7) is 3.87. The van der Waals surface area contributed by atoms with Crippen LogP contribution >= 0.6 is 0 Å². The van der Waals surface area contributed by atoms with Gasteiger partial charge in [0.15, 0.2) is 0 Å². The summed E-state index contributed by atoms with van der Waals surface area (Å²) < 4.78 is 0. The molecule has 3 nitrogen and oxygen atoms in total. The predicted octanol–water partition coefficient (Wildman–Crippen LogP) is 1.88. The van der Waals surface area contributed by atoms with Crippen molar-refractivity contribution in [2.24, 2.45) is 5.73 Å². The van der Waals surface area contributed by atoms with Gasteiger partial charge in [-0.2, -0.15) is 0 Å². The van der Waals surface area contributed by atoms with E-state index in [0.29, 0.717) is 12.1 Å². The van der Waals surface area contributed by atoms with Gasteiger partial charge in [0.05, 0.1) is 5.60 Å². The Labute approximate surface area is 105 Å². The van der Waals surface area contributed by atoms with Crippen LogP contribution < -0.4 is 5.73 Å². The number of β-amino-alcohol motifs (C(OH)–C–C–N with tert-alkyl or cyclic N) is 1. The van der Waals surface area contributed by atoms with Crippen LogP contribution in [0.25, 0.3) is 0 Å². The smallest absolute Gasteiger partial charge is 0.0774 e. The lowest BCUT2D eigenvalue weighted by molar-refractivity contribution is -0.0539. The molecule has 3 N–H and O–H groups in total. The molecule has 1 saturated carbocycles. The summed E-state index contributed by atoms with van der Waals surface area (Å²) in [5, 5.41) is 10.7. The molecule has 3 heteroatoms. The Morgan fingerprint density at radius 1 is 1.18 bits per heavy atom. The number of hydrogen-bond acceptors (Lipinski definition) is 3. The van der Waals surface area contributed by atoms with Crippen LogP contribution in [-0.2, 0) is 0 Å². The third-order valence-electron chi connectivity index (χ3n) is 4.73. The highest BCUT2D eigenvalue weighted by Gasteiger charge is 2.36. The van der Waals surface area contributed by atoms with Crippen LogP contribution in [-0.4, -0.2) is 40.8 Å². The maximum absolute atomic E-state index is 10.7. The minimum Gasteiger partial charge on any atom is -0.389 e. The van der Waals surface area contributed by atoms with E-state index in [9.17, 15) is 5.11 Å². The van der Waals surface area contributed by atoms with Crippen LogP contribution in [0.1, 0.15) is 58.3 Å². The van der Waals surface area contributed by atoms with Gasteiger partial charge in [0, 0.05) is 25.2 Å². The minimum absolute atomic E-state index is 0.433. The van der Waals surface area contributed by atoms with Crippen LogP contribution in [0, 0.1) is 0 Å². The molecular formula is C14H28N2O. The molecule has 1 saturated heterocycles. The molecule has 1 aliphatic heterocycles. The lowest BCUT2D eigenvalue weighted by atomic mass is 9.83. The number of nitrogens with zero attached hydrogens (tertiary/aromatic N) is 1. The monoisotopic (exact) mass is 240 g/mol. The summed E-state index contributed by atoms with van der Waals surface area (Å²) >= 11 is 0. The Balaban J connectivity index is 1.98. The number of rotatable bonds is 3. The largest absolute Gasteiger partial charge is 0.389 e. The van der Waals surface area contributed by atoms with E-state index in [0.717, 1.165) is 25.9 Å². The fraction of sp³-hybridized carbons (Fsp3) is 1.00. The SMILES string of the molecule is CC1CCCC(CN)N1CC1(O)CCCCC1. The highest BCUT2D eigenvalue weighted by atomic mass is 16.3. The van der Waals surface area contributed by atoms with Gasteiger partial charge >= 0.3 is 0 Å². The zero-order valence-corrected chi connectivity index (χ0v) is 11.2. The van der Waals surface area contributed by atoms with E-state index in [1.165, 1.54) is 38.5 Å². The Morgan fingerprint density at radius 2 is 1.88 bits per heavy atom. The highest BCUT2D eigenvalue weighted by Crippen LogP contribution is 2.32. The van der Waals surface area contributed by atoms with Gasteiger partial charge in [-0.05, 0) is 32.6 Å². The van der Waals surface area contributed by atoms with E-state index >= 15 is 0 Å². The molecule has 17 heavy (non-hydrogen) atoms. The van der Waals surface area contributed by atoms with Crippen molar-refractivity contribution in [3.05, 3.63) is 0 Å². The van der Waals surface area contributed by atoms with Crippen LogP contribution in [0.3, 0.4) is 0 Å². The normalized spacial score (nSPS) is 34.8. The van der Waals surface area contributed by atoms with Crippen LogP contribution in [0.4, 0.5) is 0 Å². The number of likely N-dealkylation sites (tertiary alicyclic amines) is 1. The molecule has 0 aromatic heterocycles. The van der Waals surface area contributed by atoms with E-state index < -0.39 is 5.60 Å². The molecule has 2 unspecified atom stereocenters. The van der Waals surface area contributed by atoms with Crippen LogP contribution in [0.2, 0.25) is 0 Å². The van der Waals surface area contributed by atoms with E-state index in [2.05, 4.69) is 11.8 Å². The molecule has 2 atom stereocenters. The number of aliphatic hydroxyl groups is 1. The van der Waals surface area contributed by atoms with Crippen molar-refractivity contribution in [3.63, 3.8) is 0 Å². The topological polar surface area (TPSA) is 49.5 Å². The van der Waals surface area contributed by atoms with Crippen molar-refractivity contribution >= 4 is 0 Å². The molecule has 2 aliphatic rings. The minimum atomic E-state index is -0.433. The van der Waals surface area contributed by atoms with Gasteiger partial charge in [-0.1, -0.05) is 25.7 Å². The molecule has 2 rings (SSSR count). The average Bonchev–Trinajstić information content (AvgIpc) is 2.32. The highest BCUT2D eigenvalue weighted by molar-refractivity contribution is 4.91. The molecule has 0 aromatic rings. The van der Waals surface area contributed by atoms with Gasteiger partial charge < -0.3 is 10.8 Å². The summed E-state index contributed by atoms with van der Waals surface area (Å²) in [5.41, 5.74) is 5.45. The molecule has 1 aliphatic carbocycles. The maximum Gasteiger partial charge on any atom is 0.0774 e. The molecule has 100 valence electrons. The van der Waals surface area contributed by atoms with E-state index in [1.807, 2.05) is 0 Å². The molecular weight excluding hydrogens is 212 g/mol. The second kappa shape index (κ2) is 5.68. The average molecular weight is 240 g/mol. The van der Waals surface area contributed by atoms with Crippen LogP contribution in [0.5, 0.6) is 0 Å². The Morgan fingerprint density at radius 3 is 2.53 bits per heavy atom.